The standard InChI is InChI=1S/C26H31ClN4O2/c1-4-5-12-30-22-11-10-18(27)13-20(22)28-23(30)14-31-21-9-7-6-8-19(21)26(24(31)32)16-29(17-26)15-25(2,3)33/h6-11,13,33H,4-5,12,14-17H2,1-3H3. The highest BCUT2D eigenvalue weighted by atomic mass is 35.5. The second-order valence-electron chi connectivity index (χ2n) is 10.1. The lowest BCUT2D eigenvalue weighted by Crippen LogP contribution is -2.65. The highest BCUT2D eigenvalue weighted by Crippen LogP contribution is 2.48. The van der Waals surface area contributed by atoms with Crippen molar-refractivity contribution in [3.63, 3.8) is 0 Å². The molecule has 0 unspecified atom stereocenters. The predicted octanol–water partition coefficient (Wildman–Crippen LogP) is 4.36. The molecule has 2 aromatic carbocycles. The normalized spacial score (nSPS) is 17.7. The van der Waals surface area contributed by atoms with Gasteiger partial charge in [0.1, 0.15) is 11.2 Å². The number of imidazole rings is 1. The van der Waals surface area contributed by atoms with Crippen LogP contribution in [0.1, 0.15) is 45.0 Å². The number of unbranched alkanes of at least 4 members (excludes halogenated alkanes) is 1. The molecule has 0 aliphatic carbocycles. The number of amides is 1. The Morgan fingerprint density at radius 2 is 1.94 bits per heavy atom. The van der Waals surface area contributed by atoms with Gasteiger partial charge in [-0.15, -0.1) is 0 Å². The van der Waals surface area contributed by atoms with Crippen LogP contribution < -0.4 is 4.90 Å². The number of anilines is 1. The fourth-order valence-electron chi connectivity index (χ4n) is 5.42. The van der Waals surface area contributed by atoms with Gasteiger partial charge in [0, 0.05) is 36.9 Å². The number of aryl methyl sites for hydroxylation is 1. The Bertz CT molecular complexity index is 1210. The first-order valence-corrected chi connectivity index (χ1v) is 12.1. The van der Waals surface area contributed by atoms with Gasteiger partial charge in [0.2, 0.25) is 5.91 Å². The van der Waals surface area contributed by atoms with Crippen LogP contribution in [-0.4, -0.2) is 50.7 Å². The van der Waals surface area contributed by atoms with E-state index in [2.05, 4.69) is 22.5 Å². The van der Waals surface area contributed by atoms with Gasteiger partial charge in [-0.1, -0.05) is 43.1 Å². The summed E-state index contributed by atoms with van der Waals surface area (Å²) in [5.74, 6) is 1.01. The van der Waals surface area contributed by atoms with E-state index in [1.807, 2.05) is 55.1 Å². The largest absolute Gasteiger partial charge is 0.389 e. The maximum atomic E-state index is 13.9. The van der Waals surface area contributed by atoms with Crippen molar-refractivity contribution in [3.05, 3.63) is 58.9 Å². The number of halogens is 1. The van der Waals surface area contributed by atoms with Crippen LogP contribution in [0.5, 0.6) is 0 Å². The first-order chi connectivity index (χ1) is 15.7. The molecule has 6 nitrogen and oxygen atoms in total. The number of hydrogen-bond donors (Lipinski definition) is 1. The number of aliphatic hydroxyl groups is 1. The van der Waals surface area contributed by atoms with Gasteiger partial charge in [0.15, 0.2) is 0 Å². The summed E-state index contributed by atoms with van der Waals surface area (Å²) in [6.07, 6.45) is 2.12. The molecule has 0 saturated carbocycles. The highest BCUT2D eigenvalue weighted by Gasteiger charge is 2.58. The molecule has 3 aromatic rings. The number of carbonyl (C=O) groups is 1. The number of hydrogen-bond acceptors (Lipinski definition) is 4. The number of fused-ring (bicyclic) bond motifs is 3. The zero-order chi connectivity index (χ0) is 23.4. The molecule has 1 fully saturated rings. The van der Waals surface area contributed by atoms with Crippen LogP contribution in [0.2, 0.25) is 5.02 Å². The van der Waals surface area contributed by atoms with E-state index in [1.165, 1.54) is 0 Å². The molecule has 1 N–H and O–H groups in total. The van der Waals surface area contributed by atoms with Crippen LogP contribution in [0, 0.1) is 0 Å². The fraction of sp³-hybridized carbons (Fsp3) is 0.462. The number of likely N-dealkylation sites (tertiary alicyclic amines) is 1. The van der Waals surface area contributed by atoms with Crippen molar-refractivity contribution in [1.82, 2.24) is 14.5 Å². The summed E-state index contributed by atoms with van der Waals surface area (Å²) >= 11 is 6.23. The first kappa shape index (κ1) is 22.4. The molecule has 0 radical (unpaired) electrons. The number of aromatic nitrogens is 2. The Morgan fingerprint density at radius 3 is 2.67 bits per heavy atom. The topological polar surface area (TPSA) is 61.6 Å². The summed E-state index contributed by atoms with van der Waals surface area (Å²) in [4.78, 5) is 22.8. The monoisotopic (exact) mass is 466 g/mol. The number of para-hydroxylation sites is 1. The summed E-state index contributed by atoms with van der Waals surface area (Å²) in [7, 11) is 0. The van der Waals surface area contributed by atoms with Crippen molar-refractivity contribution in [2.24, 2.45) is 0 Å². The van der Waals surface area contributed by atoms with Gasteiger partial charge in [0.25, 0.3) is 0 Å². The SMILES string of the molecule is CCCCn1c(CN2C(=O)C3(CN(CC(C)(C)O)C3)c3ccccc32)nc2cc(Cl)ccc21. The third kappa shape index (κ3) is 3.84. The van der Waals surface area contributed by atoms with E-state index in [9.17, 15) is 9.90 Å². The summed E-state index contributed by atoms with van der Waals surface area (Å²) in [5.41, 5.74) is 2.65. The molecule has 1 spiro atoms. The lowest BCUT2D eigenvalue weighted by atomic mass is 9.74. The minimum Gasteiger partial charge on any atom is -0.389 e. The van der Waals surface area contributed by atoms with E-state index in [0.717, 1.165) is 47.5 Å². The summed E-state index contributed by atoms with van der Waals surface area (Å²) in [5, 5.41) is 10.9. The van der Waals surface area contributed by atoms with Gasteiger partial charge in [-0.3, -0.25) is 9.69 Å². The molecule has 1 saturated heterocycles. The average Bonchev–Trinajstić information content (AvgIpc) is 3.18. The lowest BCUT2D eigenvalue weighted by Gasteiger charge is -2.48. The van der Waals surface area contributed by atoms with Crippen LogP contribution >= 0.6 is 11.6 Å². The first-order valence-electron chi connectivity index (χ1n) is 11.7. The van der Waals surface area contributed by atoms with E-state index in [4.69, 9.17) is 16.6 Å². The average molecular weight is 467 g/mol. The molecule has 0 bridgehead atoms. The quantitative estimate of drug-likeness (QED) is 0.562. The molecule has 174 valence electrons. The fourth-order valence-corrected chi connectivity index (χ4v) is 5.58. The minimum atomic E-state index is -0.784. The number of carbonyl (C=O) groups excluding carboxylic acids is 1. The number of benzene rings is 2. The van der Waals surface area contributed by atoms with Gasteiger partial charge in [0.05, 0.1) is 23.2 Å². The molecule has 5 rings (SSSR count). The van der Waals surface area contributed by atoms with Crippen molar-refractivity contribution in [2.75, 3.05) is 24.5 Å². The molecule has 2 aliphatic rings. The van der Waals surface area contributed by atoms with Gasteiger partial charge in [-0.05, 0) is 50.1 Å². The summed E-state index contributed by atoms with van der Waals surface area (Å²) < 4.78 is 2.23. The molecule has 2 aliphatic heterocycles. The zero-order valence-corrected chi connectivity index (χ0v) is 20.3. The van der Waals surface area contributed by atoms with Crippen molar-refractivity contribution < 1.29 is 9.90 Å². The maximum Gasteiger partial charge on any atom is 0.240 e. The van der Waals surface area contributed by atoms with Crippen LogP contribution in [-0.2, 0) is 23.3 Å². The highest BCUT2D eigenvalue weighted by molar-refractivity contribution is 6.31. The second kappa shape index (κ2) is 8.12. The molecular weight excluding hydrogens is 436 g/mol. The third-order valence-electron chi connectivity index (χ3n) is 6.79. The van der Waals surface area contributed by atoms with E-state index >= 15 is 0 Å². The smallest absolute Gasteiger partial charge is 0.240 e. The van der Waals surface area contributed by atoms with E-state index in [-0.39, 0.29) is 5.91 Å². The van der Waals surface area contributed by atoms with E-state index in [1.54, 1.807) is 0 Å². The molecule has 0 atom stereocenters. The maximum absolute atomic E-state index is 13.9. The second-order valence-corrected chi connectivity index (χ2v) is 10.6. The van der Waals surface area contributed by atoms with Gasteiger partial charge < -0.3 is 14.6 Å². The molecule has 3 heterocycles. The Labute approximate surface area is 199 Å². The van der Waals surface area contributed by atoms with Crippen molar-refractivity contribution in [1.29, 1.82) is 0 Å². The Balaban J connectivity index is 1.49. The molecule has 1 amide bonds. The van der Waals surface area contributed by atoms with Crippen LogP contribution in [0.3, 0.4) is 0 Å². The van der Waals surface area contributed by atoms with Crippen molar-refractivity contribution in [2.45, 2.75) is 57.7 Å². The Morgan fingerprint density at radius 1 is 1.18 bits per heavy atom. The van der Waals surface area contributed by atoms with Crippen LogP contribution in [0.4, 0.5) is 5.69 Å². The van der Waals surface area contributed by atoms with Crippen LogP contribution in [0.25, 0.3) is 11.0 Å². The van der Waals surface area contributed by atoms with Gasteiger partial charge in [-0.25, -0.2) is 4.98 Å². The third-order valence-corrected chi connectivity index (χ3v) is 7.02. The lowest BCUT2D eigenvalue weighted by molar-refractivity contribution is -0.131. The van der Waals surface area contributed by atoms with Gasteiger partial charge in [-0.2, -0.15) is 0 Å². The number of rotatable bonds is 7. The predicted molar refractivity (Wildman–Crippen MR) is 132 cm³/mol. The molecule has 1 aromatic heterocycles. The Hall–Kier alpha value is -2.41. The minimum absolute atomic E-state index is 0.128. The van der Waals surface area contributed by atoms with Crippen molar-refractivity contribution >= 4 is 34.2 Å². The van der Waals surface area contributed by atoms with Crippen molar-refractivity contribution in [3.8, 4) is 0 Å². The zero-order valence-electron chi connectivity index (χ0n) is 19.5. The molecule has 33 heavy (non-hydrogen) atoms. The molecule has 7 heteroatoms. The number of β-amino-alcohol motifs (C(OH)–C–C–N with tert-alkyl or cyclic N) is 1. The van der Waals surface area contributed by atoms with E-state index in [0.29, 0.717) is 31.2 Å². The van der Waals surface area contributed by atoms with Gasteiger partial charge >= 0.3 is 0 Å². The molecular formula is C26H31ClN4O2. The van der Waals surface area contributed by atoms with Crippen LogP contribution in [0.15, 0.2) is 42.5 Å². The summed E-state index contributed by atoms with van der Waals surface area (Å²) in [6.45, 7) is 8.89. The number of nitrogens with zero attached hydrogens (tertiary/aromatic N) is 4. The Kier molecular flexibility index (Phi) is 5.51. The van der Waals surface area contributed by atoms with E-state index < -0.39 is 11.0 Å². The summed E-state index contributed by atoms with van der Waals surface area (Å²) in [6, 6.07) is 13.9.